The first kappa shape index (κ1) is 17.6. The zero-order valence-electron chi connectivity index (χ0n) is 15.1. The molecule has 4 rings (SSSR count). The summed E-state index contributed by atoms with van der Waals surface area (Å²) >= 11 is 0. The number of aryl methyl sites for hydroxylation is 1. The third kappa shape index (κ3) is 3.53. The van der Waals surface area contributed by atoms with Crippen molar-refractivity contribution in [2.45, 2.75) is 6.92 Å². The molecule has 0 bridgehead atoms. The van der Waals surface area contributed by atoms with Crippen LogP contribution in [0, 0.1) is 12.7 Å². The van der Waals surface area contributed by atoms with Crippen LogP contribution in [0.15, 0.2) is 78.9 Å². The Morgan fingerprint density at radius 2 is 1.61 bits per heavy atom. The summed E-state index contributed by atoms with van der Waals surface area (Å²) < 4.78 is 15.5. The molecule has 0 saturated heterocycles. The molecular weight excluding hydrogens is 355 g/mol. The van der Waals surface area contributed by atoms with Gasteiger partial charge in [0, 0.05) is 5.56 Å². The van der Waals surface area contributed by atoms with Crippen molar-refractivity contribution in [3.8, 4) is 17.1 Å². The van der Waals surface area contributed by atoms with Crippen molar-refractivity contribution in [1.29, 1.82) is 0 Å². The van der Waals surface area contributed by atoms with Gasteiger partial charge in [-0.1, -0.05) is 60.2 Å². The zero-order chi connectivity index (χ0) is 19.5. The number of rotatable bonds is 4. The van der Waals surface area contributed by atoms with E-state index in [1.807, 2.05) is 61.5 Å². The number of hydrogen-bond donors (Lipinski definition) is 1. The Balaban J connectivity index is 1.76. The van der Waals surface area contributed by atoms with Crippen molar-refractivity contribution >= 4 is 11.6 Å². The number of anilines is 1. The molecule has 0 atom stereocenters. The van der Waals surface area contributed by atoms with Crippen LogP contribution in [0.1, 0.15) is 16.2 Å². The van der Waals surface area contributed by atoms with E-state index in [4.69, 9.17) is 0 Å². The highest BCUT2D eigenvalue weighted by molar-refractivity contribution is 6.01. The number of amides is 1. The maximum Gasteiger partial charge on any atom is 0.295 e. The fourth-order valence-corrected chi connectivity index (χ4v) is 2.79. The first-order chi connectivity index (χ1) is 13.6. The van der Waals surface area contributed by atoms with E-state index in [1.54, 1.807) is 16.8 Å². The van der Waals surface area contributed by atoms with Crippen LogP contribution in [-0.2, 0) is 0 Å². The Morgan fingerprint density at radius 1 is 0.929 bits per heavy atom. The van der Waals surface area contributed by atoms with Gasteiger partial charge in [0.25, 0.3) is 5.91 Å². The third-order valence-corrected chi connectivity index (χ3v) is 4.24. The van der Waals surface area contributed by atoms with Crippen molar-refractivity contribution in [3.05, 3.63) is 96.1 Å². The quantitative estimate of drug-likeness (QED) is 0.568. The molecule has 1 amide bonds. The summed E-state index contributed by atoms with van der Waals surface area (Å²) in [6.07, 6.45) is 0. The maximum atomic E-state index is 13.9. The minimum atomic E-state index is -0.576. The number of nitrogens with zero attached hydrogens (tertiary/aromatic N) is 3. The number of carbonyl (C=O) groups is 1. The van der Waals surface area contributed by atoms with E-state index in [1.165, 1.54) is 12.1 Å². The average molecular weight is 372 g/mol. The van der Waals surface area contributed by atoms with Crippen LogP contribution in [0.3, 0.4) is 0 Å². The lowest BCUT2D eigenvalue weighted by Gasteiger charge is -2.06. The molecule has 5 nitrogen and oxygen atoms in total. The van der Waals surface area contributed by atoms with Gasteiger partial charge < -0.3 is 5.32 Å². The smallest absolute Gasteiger partial charge is 0.295 e. The second-order valence-corrected chi connectivity index (χ2v) is 6.31. The van der Waals surface area contributed by atoms with E-state index in [9.17, 15) is 9.18 Å². The average Bonchev–Trinajstić information content (AvgIpc) is 3.16. The standard InChI is InChI=1S/C22H17FN4O/c1-15-11-13-17(14-12-15)27-21(16-7-3-2-4-8-16)25-20(26-27)22(28)24-19-10-6-5-9-18(19)23/h2-14H,1H3,(H,24,28). The minimum absolute atomic E-state index is 0.0392. The highest BCUT2D eigenvalue weighted by atomic mass is 19.1. The van der Waals surface area contributed by atoms with E-state index in [0.717, 1.165) is 16.8 Å². The van der Waals surface area contributed by atoms with Gasteiger partial charge in [0.2, 0.25) is 5.82 Å². The molecule has 6 heteroatoms. The normalized spacial score (nSPS) is 10.6. The lowest BCUT2D eigenvalue weighted by Crippen LogP contribution is -2.15. The number of nitrogens with one attached hydrogen (secondary N) is 1. The molecule has 0 unspecified atom stereocenters. The molecule has 0 spiro atoms. The van der Waals surface area contributed by atoms with Crippen molar-refractivity contribution < 1.29 is 9.18 Å². The zero-order valence-corrected chi connectivity index (χ0v) is 15.1. The second kappa shape index (κ2) is 7.44. The number of benzene rings is 3. The largest absolute Gasteiger partial charge is 0.317 e. The fraction of sp³-hybridized carbons (Fsp3) is 0.0455. The summed E-state index contributed by atoms with van der Waals surface area (Å²) in [6.45, 7) is 2.00. The molecule has 0 aliphatic rings. The number of para-hydroxylation sites is 1. The number of aromatic nitrogens is 3. The predicted molar refractivity (Wildman–Crippen MR) is 106 cm³/mol. The fourth-order valence-electron chi connectivity index (χ4n) is 2.79. The van der Waals surface area contributed by atoms with Crippen LogP contribution in [-0.4, -0.2) is 20.7 Å². The molecule has 1 heterocycles. The Kier molecular flexibility index (Phi) is 4.68. The number of hydrogen-bond acceptors (Lipinski definition) is 3. The van der Waals surface area contributed by atoms with Gasteiger partial charge in [-0.2, -0.15) is 0 Å². The molecular formula is C22H17FN4O. The van der Waals surface area contributed by atoms with Crippen LogP contribution in [0.4, 0.5) is 10.1 Å². The van der Waals surface area contributed by atoms with E-state index in [0.29, 0.717) is 5.82 Å². The van der Waals surface area contributed by atoms with Gasteiger partial charge in [-0.25, -0.2) is 14.1 Å². The van der Waals surface area contributed by atoms with E-state index in [2.05, 4.69) is 15.4 Å². The molecule has 0 saturated carbocycles. The summed E-state index contributed by atoms with van der Waals surface area (Å²) in [5.41, 5.74) is 2.80. The number of carbonyl (C=O) groups excluding carboxylic acids is 1. The molecule has 0 radical (unpaired) electrons. The van der Waals surface area contributed by atoms with Crippen LogP contribution in [0.5, 0.6) is 0 Å². The lowest BCUT2D eigenvalue weighted by atomic mass is 10.2. The highest BCUT2D eigenvalue weighted by Crippen LogP contribution is 2.22. The van der Waals surface area contributed by atoms with Crippen molar-refractivity contribution in [3.63, 3.8) is 0 Å². The third-order valence-electron chi connectivity index (χ3n) is 4.24. The van der Waals surface area contributed by atoms with E-state index < -0.39 is 11.7 Å². The molecule has 28 heavy (non-hydrogen) atoms. The highest BCUT2D eigenvalue weighted by Gasteiger charge is 2.19. The SMILES string of the molecule is Cc1ccc(-n2nc(C(=O)Nc3ccccc3F)nc2-c2ccccc2)cc1. The summed E-state index contributed by atoms with van der Waals surface area (Å²) in [7, 11) is 0. The first-order valence-corrected chi connectivity index (χ1v) is 8.77. The summed E-state index contributed by atoms with van der Waals surface area (Å²) in [5, 5.41) is 6.91. The number of halogens is 1. The van der Waals surface area contributed by atoms with Gasteiger partial charge in [0.15, 0.2) is 5.82 Å². The van der Waals surface area contributed by atoms with Gasteiger partial charge in [-0.05, 0) is 31.2 Å². The Hall–Kier alpha value is -3.80. The van der Waals surface area contributed by atoms with Gasteiger partial charge >= 0.3 is 0 Å². The molecule has 0 aliphatic heterocycles. The minimum Gasteiger partial charge on any atom is -0.317 e. The maximum absolute atomic E-state index is 13.9. The van der Waals surface area contributed by atoms with E-state index in [-0.39, 0.29) is 11.5 Å². The molecule has 3 aromatic carbocycles. The van der Waals surface area contributed by atoms with Gasteiger partial charge in [0.1, 0.15) is 5.82 Å². The monoisotopic (exact) mass is 372 g/mol. The van der Waals surface area contributed by atoms with Crippen LogP contribution in [0.2, 0.25) is 0 Å². The topological polar surface area (TPSA) is 59.8 Å². The van der Waals surface area contributed by atoms with Crippen LogP contribution >= 0.6 is 0 Å². The van der Waals surface area contributed by atoms with Crippen LogP contribution < -0.4 is 5.32 Å². The molecule has 1 aromatic heterocycles. The van der Waals surface area contributed by atoms with Crippen LogP contribution in [0.25, 0.3) is 17.1 Å². The molecule has 138 valence electrons. The Labute approximate surface area is 161 Å². The van der Waals surface area contributed by atoms with Gasteiger partial charge in [-0.3, -0.25) is 4.79 Å². The van der Waals surface area contributed by atoms with Gasteiger partial charge in [-0.15, -0.1) is 5.10 Å². The van der Waals surface area contributed by atoms with Crippen molar-refractivity contribution in [1.82, 2.24) is 14.8 Å². The van der Waals surface area contributed by atoms with Gasteiger partial charge in [0.05, 0.1) is 11.4 Å². The Bertz CT molecular complexity index is 1120. The van der Waals surface area contributed by atoms with E-state index >= 15 is 0 Å². The van der Waals surface area contributed by atoms with Crippen molar-refractivity contribution in [2.24, 2.45) is 0 Å². The molecule has 1 N–H and O–H groups in total. The lowest BCUT2D eigenvalue weighted by molar-refractivity contribution is 0.101. The molecule has 4 aromatic rings. The molecule has 0 fully saturated rings. The molecule has 0 aliphatic carbocycles. The first-order valence-electron chi connectivity index (χ1n) is 8.77. The summed E-state index contributed by atoms with van der Waals surface area (Å²) in [6, 6.07) is 23.2. The second-order valence-electron chi connectivity index (χ2n) is 6.31. The summed E-state index contributed by atoms with van der Waals surface area (Å²) in [5.74, 6) is -0.601. The predicted octanol–water partition coefficient (Wildman–Crippen LogP) is 4.63. The Morgan fingerprint density at radius 3 is 2.32 bits per heavy atom. The van der Waals surface area contributed by atoms with Crippen molar-refractivity contribution in [2.75, 3.05) is 5.32 Å². The summed E-state index contributed by atoms with van der Waals surface area (Å²) in [4.78, 5) is 17.1.